The van der Waals surface area contributed by atoms with Crippen LogP contribution in [0, 0.1) is 0 Å². The van der Waals surface area contributed by atoms with Gasteiger partial charge in [0.1, 0.15) is 6.04 Å². The second-order valence-electron chi connectivity index (χ2n) is 2.35. The van der Waals surface area contributed by atoms with Gasteiger partial charge >= 0.3 is 0 Å². The number of carbonyl (C=O) groups is 2. The average Bonchev–Trinajstić information content (AvgIpc) is 2.13. The Hall–Kier alpha value is -1.10. The van der Waals surface area contributed by atoms with E-state index in [1.54, 1.807) is 0 Å². The van der Waals surface area contributed by atoms with Crippen molar-refractivity contribution in [1.82, 2.24) is 5.32 Å². The molecule has 1 aliphatic rings. The van der Waals surface area contributed by atoms with Gasteiger partial charge in [-0.1, -0.05) is 0 Å². The summed E-state index contributed by atoms with van der Waals surface area (Å²) in [6.07, 6.45) is 0.295. The number of ether oxygens (including phenoxy) is 1. The van der Waals surface area contributed by atoms with Crippen molar-refractivity contribution in [2.45, 2.75) is 12.5 Å². The van der Waals surface area contributed by atoms with E-state index in [1.165, 1.54) is 0 Å². The Bertz CT molecular complexity index is 181. The first-order valence-electron chi connectivity index (χ1n) is 3.36. The van der Waals surface area contributed by atoms with E-state index in [9.17, 15) is 9.59 Å². The Morgan fingerprint density at radius 3 is 3.09 bits per heavy atom. The van der Waals surface area contributed by atoms with Crippen molar-refractivity contribution in [3.8, 4) is 0 Å². The molecule has 3 N–H and O–H groups in total. The number of primary amides is 1. The van der Waals surface area contributed by atoms with Gasteiger partial charge in [0.2, 0.25) is 11.8 Å². The summed E-state index contributed by atoms with van der Waals surface area (Å²) in [5.41, 5.74) is 4.97. The smallest absolute Gasteiger partial charge is 0.242 e. The highest BCUT2D eigenvalue weighted by atomic mass is 16.5. The molecule has 62 valence electrons. The molecule has 1 unspecified atom stereocenters. The summed E-state index contributed by atoms with van der Waals surface area (Å²) in [5.74, 6) is -0.744. The van der Waals surface area contributed by atoms with Crippen LogP contribution in [0.15, 0.2) is 0 Å². The molecule has 5 heteroatoms. The van der Waals surface area contributed by atoms with Crippen molar-refractivity contribution >= 4 is 11.8 Å². The molecule has 1 rings (SSSR count). The van der Waals surface area contributed by atoms with Crippen molar-refractivity contribution in [2.75, 3.05) is 13.2 Å². The van der Waals surface area contributed by atoms with Gasteiger partial charge in [-0.05, 0) is 0 Å². The van der Waals surface area contributed by atoms with Crippen LogP contribution in [-0.2, 0) is 14.3 Å². The van der Waals surface area contributed by atoms with E-state index >= 15 is 0 Å². The van der Waals surface area contributed by atoms with Crippen LogP contribution >= 0.6 is 0 Å². The van der Waals surface area contributed by atoms with Crippen LogP contribution in [-0.4, -0.2) is 31.1 Å². The third-order valence-corrected chi connectivity index (χ3v) is 1.44. The number of amides is 2. The predicted molar refractivity (Wildman–Crippen MR) is 36.6 cm³/mol. The van der Waals surface area contributed by atoms with Gasteiger partial charge in [-0.2, -0.15) is 0 Å². The van der Waals surface area contributed by atoms with Crippen LogP contribution in [0.4, 0.5) is 0 Å². The number of rotatable bonds is 1. The maximum absolute atomic E-state index is 10.8. The van der Waals surface area contributed by atoms with Gasteiger partial charge in [0, 0.05) is 6.42 Å². The fraction of sp³-hybridized carbons (Fsp3) is 0.667. The molecule has 11 heavy (non-hydrogen) atoms. The maximum Gasteiger partial charge on any atom is 0.242 e. The normalized spacial score (nSPS) is 25.5. The standard InChI is InChI=1S/C6H10N2O3/c7-6(10)4-3-11-2-1-5(9)8-4/h4H,1-3H2,(H2,7,10)(H,8,9). The summed E-state index contributed by atoms with van der Waals surface area (Å²) in [4.78, 5) is 21.4. The van der Waals surface area contributed by atoms with Crippen LogP contribution in [0.5, 0.6) is 0 Å². The molecule has 0 aromatic heterocycles. The van der Waals surface area contributed by atoms with Gasteiger partial charge in [0.25, 0.3) is 0 Å². The molecule has 5 nitrogen and oxygen atoms in total. The highest BCUT2D eigenvalue weighted by Gasteiger charge is 2.20. The third kappa shape index (κ3) is 2.19. The van der Waals surface area contributed by atoms with Crippen LogP contribution in [0.25, 0.3) is 0 Å². The average molecular weight is 158 g/mol. The van der Waals surface area contributed by atoms with Crippen molar-refractivity contribution < 1.29 is 14.3 Å². The zero-order valence-electron chi connectivity index (χ0n) is 6.00. The summed E-state index contributed by atoms with van der Waals surface area (Å²) >= 11 is 0. The van der Waals surface area contributed by atoms with Gasteiger partial charge in [0.15, 0.2) is 0 Å². The maximum atomic E-state index is 10.8. The Labute approximate surface area is 63.9 Å². The molecule has 0 aliphatic carbocycles. The van der Waals surface area contributed by atoms with Crippen LogP contribution < -0.4 is 11.1 Å². The number of carbonyl (C=O) groups excluding carboxylic acids is 2. The Balaban J connectivity index is 2.52. The first kappa shape index (κ1) is 8.00. The van der Waals surface area contributed by atoms with E-state index < -0.39 is 11.9 Å². The lowest BCUT2D eigenvalue weighted by molar-refractivity contribution is -0.126. The second kappa shape index (κ2) is 3.34. The van der Waals surface area contributed by atoms with Gasteiger partial charge < -0.3 is 15.8 Å². The van der Waals surface area contributed by atoms with Gasteiger partial charge in [-0.3, -0.25) is 9.59 Å². The molecule has 1 aliphatic heterocycles. The van der Waals surface area contributed by atoms with Gasteiger partial charge in [0.05, 0.1) is 13.2 Å². The van der Waals surface area contributed by atoms with Crippen molar-refractivity contribution in [3.63, 3.8) is 0 Å². The summed E-state index contributed by atoms with van der Waals surface area (Å²) in [6.45, 7) is 0.538. The molecular weight excluding hydrogens is 148 g/mol. The largest absolute Gasteiger partial charge is 0.378 e. The van der Waals surface area contributed by atoms with Crippen molar-refractivity contribution in [1.29, 1.82) is 0 Å². The minimum Gasteiger partial charge on any atom is -0.378 e. The van der Waals surface area contributed by atoms with Gasteiger partial charge in [-0.15, -0.1) is 0 Å². The summed E-state index contributed by atoms with van der Waals surface area (Å²) < 4.78 is 4.95. The second-order valence-corrected chi connectivity index (χ2v) is 2.35. The molecule has 0 aromatic carbocycles. The first-order valence-corrected chi connectivity index (χ1v) is 3.36. The van der Waals surface area contributed by atoms with E-state index in [1.807, 2.05) is 0 Å². The van der Waals surface area contributed by atoms with Crippen molar-refractivity contribution in [3.05, 3.63) is 0 Å². The number of nitrogens with one attached hydrogen (secondary N) is 1. The highest BCUT2D eigenvalue weighted by Crippen LogP contribution is 1.94. The zero-order chi connectivity index (χ0) is 8.27. The van der Waals surface area contributed by atoms with Crippen LogP contribution in [0.2, 0.25) is 0 Å². The SMILES string of the molecule is NC(=O)C1COCCC(=O)N1. The summed E-state index contributed by atoms with van der Waals surface area (Å²) in [6, 6.07) is -0.662. The van der Waals surface area contributed by atoms with Gasteiger partial charge in [-0.25, -0.2) is 0 Å². The summed E-state index contributed by atoms with van der Waals surface area (Å²) in [5, 5.41) is 2.44. The fourth-order valence-electron chi connectivity index (χ4n) is 0.827. The third-order valence-electron chi connectivity index (χ3n) is 1.44. The van der Waals surface area contributed by atoms with E-state index in [-0.39, 0.29) is 12.5 Å². The quantitative estimate of drug-likeness (QED) is 0.481. The zero-order valence-corrected chi connectivity index (χ0v) is 6.00. The predicted octanol–water partition coefficient (Wildman–Crippen LogP) is -1.62. The lowest BCUT2D eigenvalue weighted by Gasteiger charge is -2.09. The Morgan fingerprint density at radius 2 is 2.45 bits per heavy atom. The number of hydrogen-bond acceptors (Lipinski definition) is 3. The molecule has 1 atom stereocenters. The molecule has 1 fully saturated rings. The topological polar surface area (TPSA) is 81.4 Å². The minimum absolute atomic E-state index is 0.182. The molecule has 1 saturated heterocycles. The molecule has 0 saturated carbocycles. The van der Waals surface area contributed by atoms with Crippen LogP contribution in [0.1, 0.15) is 6.42 Å². The molecule has 0 spiro atoms. The monoisotopic (exact) mass is 158 g/mol. The number of nitrogens with two attached hydrogens (primary N) is 1. The molecule has 1 heterocycles. The highest BCUT2D eigenvalue weighted by molar-refractivity contribution is 5.86. The first-order chi connectivity index (χ1) is 5.20. The lowest BCUT2D eigenvalue weighted by Crippen LogP contribution is -2.45. The van der Waals surface area contributed by atoms with E-state index in [0.29, 0.717) is 13.0 Å². The summed E-state index contributed by atoms with van der Waals surface area (Å²) in [7, 11) is 0. The van der Waals surface area contributed by atoms with Crippen LogP contribution in [0.3, 0.4) is 0 Å². The minimum atomic E-state index is -0.662. The molecule has 0 bridgehead atoms. The molecule has 2 amide bonds. The van der Waals surface area contributed by atoms with E-state index in [4.69, 9.17) is 10.5 Å². The van der Waals surface area contributed by atoms with Crippen molar-refractivity contribution in [2.24, 2.45) is 5.73 Å². The molecular formula is C6H10N2O3. The fourth-order valence-corrected chi connectivity index (χ4v) is 0.827. The lowest BCUT2D eigenvalue weighted by atomic mass is 10.3. The Kier molecular flexibility index (Phi) is 2.43. The Morgan fingerprint density at radius 1 is 1.73 bits per heavy atom. The van der Waals surface area contributed by atoms with E-state index in [2.05, 4.69) is 5.32 Å². The molecule has 0 aromatic rings. The molecule has 0 radical (unpaired) electrons. The van der Waals surface area contributed by atoms with E-state index in [0.717, 1.165) is 0 Å². The number of hydrogen-bond donors (Lipinski definition) is 2.